The molecule has 0 bridgehead atoms. The second kappa shape index (κ2) is 6.36. The van der Waals surface area contributed by atoms with Gasteiger partial charge in [-0.15, -0.1) is 0 Å². The van der Waals surface area contributed by atoms with Crippen molar-refractivity contribution < 1.29 is 8.42 Å². The van der Waals surface area contributed by atoms with Crippen molar-refractivity contribution in [3.8, 4) is 0 Å². The minimum absolute atomic E-state index is 0.121. The van der Waals surface area contributed by atoms with E-state index in [2.05, 4.69) is 0 Å². The molecular formula is C15H15Cl2NO2S. The number of benzene rings is 2. The zero-order chi connectivity index (χ0) is 15.6. The predicted molar refractivity (Wildman–Crippen MR) is 86.5 cm³/mol. The van der Waals surface area contributed by atoms with Crippen molar-refractivity contribution in [3.05, 3.63) is 64.1 Å². The van der Waals surface area contributed by atoms with Crippen molar-refractivity contribution >= 4 is 33.0 Å². The van der Waals surface area contributed by atoms with Gasteiger partial charge in [-0.3, -0.25) is 0 Å². The second-order valence-electron chi connectivity index (χ2n) is 4.76. The lowest BCUT2D eigenvalue weighted by Crippen LogP contribution is -2.31. The molecule has 0 amide bonds. The highest BCUT2D eigenvalue weighted by Crippen LogP contribution is 2.29. The normalized spacial score (nSPS) is 14.7. The third-order valence-electron chi connectivity index (χ3n) is 3.40. The van der Waals surface area contributed by atoms with E-state index in [0.717, 1.165) is 5.56 Å². The molecule has 0 saturated carbocycles. The van der Waals surface area contributed by atoms with Crippen LogP contribution in [-0.2, 0) is 9.84 Å². The topological polar surface area (TPSA) is 60.2 Å². The summed E-state index contributed by atoms with van der Waals surface area (Å²) in [4.78, 5) is 0.121. The maximum Gasteiger partial charge on any atom is 0.182 e. The molecule has 2 aromatic rings. The molecule has 0 aliphatic carbocycles. The summed E-state index contributed by atoms with van der Waals surface area (Å²) in [6.45, 7) is 1.59. The molecule has 2 N–H and O–H groups in total. The Hall–Kier alpha value is -1.07. The zero-order valence-electron chi connectivity index (χ0n) is 11.3. The fourth-order valence-electron chi connectivity index (χ4n) is 2.01. The largest absolute Gasteiger partial charge is 0.323 e. The van der Waals surface area contributed by atoms with Crippen LogP contribution in [0.3, 0.4) is 0 Å². The van der Waals surface area contributed by atoms with Crippen LogP contribution < -0.4 is 5.73 Å². The van der Waals surface area contributed by atoms with Crippen molar-refractivity contribution in [2.75, 3.05) is 0 Å². The first-order valence-corrected chi connectivity index (χ1v) is 8.63. The van der Waals surface area contributed by atoms with E-state index in [0.29, 0.717) is 5.02 Å². The highest BCUT2D eigenvalue weighted by molar-refractivity contribution is 7.92. The van der Waals surface area contributed by atoms with Gasteiger partial charge in [-0.05, 0) is 30.7 Å². The smallest absolute Gasteiger partial charge is 0.182 e. The van der Waals surface area contributed by atoms with Crippen molar-refractivity contribution in [2.24, 2.45) is 5.73 Å². The molecule has 21 heavy (non-hydrogen) atoms. The number of rotatable bonds is 4. The number of hydrogen-bond donors (Lipinski definition) is 1. The first-order valence-electron chi connectivity index (χ1n) is 6.33. The molecule has 0 aliphatic rings. The summed E-state index contributed by atoms with van der Waals surface area (Å²) in [7, 11) is -3.59. The molecular weight excluding hydrogens is 329 g/mol. The Kier molecular flexibility index (Phi) is 4.94. The second-order valence-corrected chi connectivity index (χ2v) is 7.88. The van der Waals surface area contributed by atoms with Crippen LogP contribution in [0.4, 0.5) is 0 Å². The van der Waals surface area contributed by atoms with Gasteiger partial charge in [-0.1, -0.05) is 53.5 Å². The van der Waals surface area contributed by atoms with Gasteiger partial charge < -0.3 is 5.73 Å². The summed E-state index contributed by atoms with van der Waals surface area (Å²) in [6.07, 6.45) is 0. The highest BCUT2D eigenvalue weighted by atomic mass is 35.5. The number of hydrogen-bond acceptors (Lipinski definition) is 3. The highest BCUT2D eigenvalue weighted by Gasteiger charge is 2.30. The van der Waals surface area contributed by atoms with Gasteiger partial charge in [0.1, 0.15) is 0 Å². The average molecular weight is 344 g/mol. The van der Waals surface area contributed by atoms with Gasteiger partial charge in [0.2, 0.25) is 0 Å². The Morgan fingerprint density at radius 3 is 2.19 bits per heavy atom. The lowest BCUT2D eigenvalue weighted by Gasteiger charge is -2.21. The molecule has 112 valence electrons. The average Bonchev–Trinajstić information content (AvgIpc) is 2.49. The first-order chi connectivity index (χ1) is 9.84. The van der Waals surface area contributed by atoms with Crippen LogP contribution >= 0.6 is 23.2 Å². The molecule has 3 nitrogen and oxygen atoms in total. The molecule has 2 unspecified atom stereocenters. The number of sulfone groups is 1. The summed E-state index contributed by atoms with van der Waals surface area (Å²) in [5, 5.41) is -0.258. The van der Waals surface area contributed by atoms with E-state index >= 15 is 0 Å². The van der Waals surface area contributed by atoms with Crippen LogP contribution in [0, 0.1) is 0 Å². The maximum absolute atomic E-state index is 12.6. The summed E-state index contributed by atoms with van der Waals surface area (Å²) < 4.78 is 25.3. The third-order valence-corrected chi connectivity index (χ3v) is 6.32. The van der Waals surface area contributed by atoms with E-state index in [1.807, 2.05) is 30.3 Å². The lowest BCUT2D eigenvalue weighted by atomic mass is 10.1. The van der Waals surface area contributed by atoms with Crippen LogP contribution in [-0.4, -0.2) is 13.7 Å². The molecule has 6 heteroatoms. The van der Waals surface area contributed by atoms with Crippen molar-refractivity contribution in [2.45, 2.75) is 23.1 Å². The maximum atomic E-state index is 12.6. The molecule has 0 aromatic heterocycles. The fraction of sp³-hybridized carbons (Fsp3) is 0.200. The van der Waals surface area contributed by atoms with Gasteiger partial charge >= 0.3 is 0 Å². The molecule has 0 aliphatic heterocycles. The Morgan fingerprint density at radius 2 is 1.62 bits per heavy atom. The predicted octanol–water partition coefficient (Wildman–Crippen LogP) is 3.86. The fourth-order valence-corrected chi connectivity index (χ4v) is 3.88. The minimum atomic E-state index is -3.59. The summed E-state index contributed by atoms with van der Waals surface area (Å²) in [6, 6.07) is 12.8. The van der Waals surface area contributed by atoms with Gasteiger partial charge in [-0.25, -0.2) is 8.42 Å². The molecule has 2 atom stereocenters. The Balaban J connectivity index is 2.36. The van der Waals surface area contributed by atoms with E-state index in [9.17, 15) is 8.42 Å². The molecule has 2 rings (SSSR count). The third kappa shape index (κ3) is 3.40. The molecule has 0 spiro atoms. The van der Waals surface area contributed by atoms with E-state index < -0.39 is 21.1 Å². The minimum Gasteiger partial charge on any atom is -0.323 e. The van der Waals surface area contributed by atoms with Gasteiger partial charge in [0, 0.05) is 6.04 Å². The molecule has 2 aromatic carbocycles. The first kappa shape index (κ1) is 16.3. The van der Waals surface area contributed by atoms with E-state index in [1.165, 1.54) is 18.2 Å². The van der Waals surface area contributed by atoms with Crippen LogP contribution in [0.2, 0.25) is 10.0 Å². The van der Waals surface area contributed by atoms with Crippen molar-refractivity contribution in [1.82, 2.24) is 0 Å². The van der Waals surface area contributed by atoms with E-state index in [4.69, 9.17) is 28.9 Å². The van der Waals surface area contributed by atoms with Crippen LogP contribution in [0.15, 0.2) is 53.4 Å². The van der Waals surface area contributed by atoms with Crippen LogP contribution in [0.25, 0.3) is 0 Å². The van der Waals surface area contributed by atoms with E-state index in [1.54, 1.807) is 6.92 Å². The summed E-state index contributed by atoms with van der Waals surface area (Å²) in [5.41, 5.74) is 6.86. The molecule has 0 radical (unpaired) electrons. The SMILES string of the molecule is CC(C(N)c1ccccc1)S(=O)(=O)c1ccc(Cl)c(Cl)c1. The Morgan fingerprint density at radius 1 is 1.00 bits per heavy atom. The Bertz CT molecular complexity index is 733. The molecule has 0 saturated heterocycles. The monoisotopic (exact) mass is 343 g/mol. The quantitative estimate of drug-likeness (QED) is 0.916. The van der Waals surface area contributed by atoms with Gasteiger partial charge in [0.15, 0.2) is 9.84 Å². The Labute approximate surface area is 134 Å². The lowest BCUT2D eigenvalue weighted by molar-refractivity contribution is 0.565. The molecule has 0 heterocycles. The van der Waals surface area contributed by atoms with Gasteiger partial charge in [0.25, 0.3) is 0 Å². The summed E-state index contributed by atoms with van der Waals surface area (Å²) >= 11 is 11.7. The van der Waals surface area contributed by atoms with Crippen LogP contribution in [0.1, 0.15) is 18.5 Å². The van der Waals surface area contributed by atoms with Gasteiger partial charge in [-0.2, -0.15) is 0 Å². The van der Waals surface area contributed by atoms with E-state index in [-0.39, 0.29) is 9.92 Å². The molecule has 0 fully saturated rings. The van der Waals surface area contributed by atoms with Gasteiger partial charge in [0.05, 0.1) is 20.2 Å². The summed E-state index contributed by atoms with van der Waals surface area (Å²) in [5.74, 6) is 0. The van der Waals surface area contributed by atoms with Crippen molar-refractivity contribution in [3.63, 3.8) is 0 Å². The number of nitrogens with two attached hydrogens (primary N) is 1. The zero-order valence-corrected chi connectivity index (χ0v) is 13.7. The van der Waals surface area contributed by atoms with Crippen molar-refractivity contribution in [1.29, 1.82) is 0 Å². The number of halogens is 2. The standard InChI is InChI=1S/C15H15Cl2NO2S/c1-10(15(18)11-5-3-2-4-6-11)21(19,20)12-7-8-13(16)14(17)9-12/h2-10,15H,18H2,1H3. The van der Waals surface area contributed by atoms with Crippen LogP contribution in [0.5, 0.6) is 0 Å².